The Hall–Kier alpha value is -3.55. The first-order chi connectivity index (χ1) is 15.1. The molecular formula is C23H22FN5O2. The zero-order valence-electron chi connectivity index (χ0n) is 17.1. The van der Waals surface area contributed by atoms with Gasteiger partial charge in [0.25, 0.3) is 5.91 Å². The van der Waals surface area contributed by atoms with E-state index in [9.17, 15) is 14.0 Å². The molecule has 1 saturated carbocycles. The predicted octanol–water partition coefficient (Wildman–Crippen LogP) is 3.40. The highest BCUT2D eigenvalue weighted by atomic mass is 19.1. The summed E-state index contributed by atoms with van der Waals surface area (Å²) in [6, 6.07) is 5.56. The van der Waals surface area contributed by atoms with Gasteiger partial charge in [-0.3, -0.25) is 19.5 Å². The van der Waals surface area contributed by atoms with Gasteiger partial charge in [0.1, 0.15) is 11.5 Å². The molecule has 0 spiro atoms. The third-order valence-electron chi connectivity index (χ3n) is 5.99. The summed E-state index contributed by atoms with van der Waals surface area (Å²) in [4.78, 5) is 39.3. The number of halogens is 1. The van der Waals surface area contributed by atoms with Crippen molar-refractivity contribution in [2.45, 2.75) is 25.8 Å². The minimum atomic E-state index is -0.614. The number of amides is 2. The van der Waals surface area contributed by atoms with E-state index in [4.69, 9.17) is 0 Å². The average Bonchev–Trinajstić information content (AvgIpc) is 3.49. The molecule has 7 nitrogen and oxygen atoms in total. The molecule has 1 atom stereocenters. The first kappa shape index (κ1) is 19.4. The standard InChI is InChI=1S/C23H22FN5O2/c1-14-12-28(23(31)18-4-7-25-11-20(18)24)9-6-16(14)19-10-21(29(13-30)15-2-3-15)27-22-17(19)5-8-26-22/h4-8,10-11,13-15H,2-3,9,12H2,1H3,(H,26,27). The Bertz CT molecular complexity index is 1200. The Morgan fingerprint density at radius 1 is 1.35 bits per heavy atom. The fourth-order valence-electron chi connectivity index (χ4n) is 4.25. The molecule has 31 heavy (non-hydrogen) atoms. The molecular weight excluding hydrogens is 397 g/mol. The SMILES string of the molecule is CC1CN(C(=O)c2ccncc2F)CC=C1c1cc(N(C=O)C2CC2)nc2[nH]ccc12. The van der Waals surface area contributed by atoms with Gasteiger partial charge in [0, 0.05) is 36.9 Å². The van der Waals surface area contributed by atoms with Crippen LogP contribution in [0.15, 0.2) is 42.9 Å². The maximum atomic E-state index is 14.0. The van der Waals surface area contributed by atoms with Crippen LogP contribution in [0.5, 0.6) is 0 Å². The molecule has 0 aromatic carbocycles. The van der Waals surface area contributed by atoms with Crippen molar-refractivity contribution in [2.75, 3.05) is 18.0 Å². The van der Waals surface area contributed by atoms with Crippen LogP contribution in [0.4, 0.5) is 10.2 Å². The van der Waals surface area contributed by atoms with Crippen LogP contribution in [0.1, 0.15) is 35.7 Å². The number of pyridine rings is 2. The van der Waals surface area contributed by atoms with Crippen molar-refractivity contribution in [1.82, 2.24) is 19.9 Å². The number of aromatic nitrogens is 3. The van der Waals surface area contributed by atoms with Crippen molar-refractivity contribution < 1.29 is 14.0 Å². The monoisotopic (exact) mass is 419 g/mol. The fraction of sp³-hybridized carbons (Fsp3) is 0.304. The van der Waals surface area contributed by atoms with Crippen LogP contribution >= 0.6 is 0 Å². The van der Waals surface area contributed by atoms with Crippen LogP contribution in [0, 0.1) is 11.7 Å². The highest BCUT2D eigenvalue weighted by Crippen LogP contribution is 2.37. The lowest BCUT2D eigenvalue weighted by atomic mass is 9.89. The highest BCUT2D eigenvalue weighted by Gasteiger charge is 2.32. The van der Waals surface area contributed by atoms with Gasteiger partial charge in [-0.25, -0.2) is 9.37 Å². The number of rotatable bonds is 5. The van der Waals surface area contributed by atoms with Crippen molar-refractivity contribution in [3.05, 3.63) is 59.8 Å². The smallest absolute Gasteiger partial charge is 0.257 e. The Balaban J connectivity index is 1.49. The van der Waals surface area contributed by atoms with E-state index >= 15 is 0 Å². The van der Waals surface area contributed by atoms with E-state index in [1.165, 1.54) is 12.3 Å². The molecule has 0 radical (unpaired) electrons. The average molecular weight is 419 g/mol. The van der Waals surface area contributed by atoms with E-state index in [1.807, 2.05) is 31.3 Å². The van der Waals surface area contributed by atoms with Gasteiger partial charge in [0.2, 0.25) is 6.41 Å². The lowest BCUT2D eigenvalue weighted by Gasteiger charge is -2.32. The lowest BCUT2D eigenvalue weighted by Crippen LogP contribution is -2.38. The number of nitrogens with one attached hydrogen (secondary N) is 1. The second-order valence-electron chi connectivity index (χ2n) is 8.14. The van der Waals surface area contributed by atoms with Crippen LogP contribution in [-0.4, -0.2) is 51.3 Å². The first-order valence-electron chi connectivity index (χ1n) is 10.4. The van der Waals surface area contributed by atoms with Gasteiger partial charge in [0.15, 0.2) is 5.82 Å². The summed E-state index contributed by atoms with van der Waals surface area (Å²) in [5, 5.41) is 0.975. The third-order valence-corrected chi connectivity index (χ3v) is 5.99. The molecule has 158 valence electrons. The van der Waals surface area contributed by atoms with E-state index in [1.54, 1.807) is 9.80 Å². The summed E-state index contributed by atoms with van der Waals surface area (Å²) in [6.45, 7) is 2.89. The van der Waals surface area contributed by atoms with Crippen LogP contribution in [0.2, 0.25) is 0 Å². The molecule has 0 saturated heterocycles. The van der Waals surface area contributed by atoms with E-state index in [-0.39, 0.29) is 23.4 Å². The molecule has 3 aromatic rings. The summed E-state index contributed by atoms with van der Waals surface area (Å²) in [7, 11) is 0. The molecule has 3 aromatic heterocycles. The van der Waals surface area contributed by atoms with Crippen molar-refractivity contribution in [3.8, 4) is 0 Å². The zero-order valence-corrected chi connectivity index (χ0v) is 17.1. The van der Waals surface area contributed by atoms with E-state index in [0.717, 1.165) is 47.6 Å². The molecule has 1 unspecified atom stereocenters. The molecule has 8 heteroatoms. The number of hydrogen-bond donors (Lipinski definition) is 1. The van der Waals surface area contributed by atoms with Gasteiger partial charge in [-0.1, -0.05) is 13.0 Å². The number of carbonyl (C=O) groups excluding carboxylic acids is 2. The first-order valence-corrected chi connectivity index (χ1v) is 10.4. The number of fused-ring (bicyclic) bond motifs is 1. The van der Waals surface area contributed by atoms with Gasteiger partial charge in [-0.2, -0.15) is 0 Å². The number of aromatic amines is 1. The molecule has 1 aliphatic carbocycles. The second-order valence-corrected chi connectivity index (χ2v) is 8.14. The molecule has 5 rings (SSSR count). The largest absolute Gasteiger partial charge is 0.346 e. The predicted molar refractivity (Wildman–Crippen MR) is 115 cm³/mol. The molecule has 4 heterocycles. The normalized spacial score (nSPS) is 18.7. The minimum Gasteiger partial charge on any atom is -0.346 e. The van der Waals surface area contributed by atoms with E-state index in [2.05, 4.69) is 15.0 Å². The second kappa shape index (κ2) is 7.61. The number of hydrogen-bond acceptors (Lipinski definition) is 4. The van der Waals surface area contributed by atoms with Crippen molar-refractivity contribution in [2.24, 2.45) is 5.92 Å². The lowest BCUT2D eigenvalue weighted by molar-refractivity contribution is -0.107. The molecule has 0 bridgehead atoms. The minimum absolute atomic E-state index is 0.0292. The van der Waals surface area contributed by atoms with Crippen molar-refractivity contribution in [3.63, 3.8) is 0 Å². The van der Waals surface area contributed by atoms with Crippen molar-refractivity contribution in [1.29, 1.82) is 0 Å². The molecule has 2 amide bonds. The van der Waals surface area contributed by atoms with E-state index < -0.39 is 5.82 Å². The summed E-state index contributed by atoms with van der Waals surface area (Å²) < 4.78 is 14.0. The third kappa shape index (κ3) is 3.48. The van der Waals surface area contributed by atoms with Gasteiger partial charge in [-0.05, 0) is 48.1 Å². The fourth-order valence-corrected chi connectivity index (χ4v) is 4.25. The highest BCUT2D eigenvalue weighted by molar-refractivity contribution is 5.97. The van der Waals surface area contributed by atoms with Crippen LogP contribution < -0.4 is 4.90 Å². The molecule has 1 fully saturated rings. The van der Waals surface area contributed by atoms with Gasteiger partial charge >= 0.3 is 0 Å². The molecule has 2 aliphatic rings. The maximum Gasteiger partial charge on any atom is 0.257 e. The molecule has 1 aliphatic heterocycles. The number of anilines is 1. The summed E-state index contributed by atoms with van der Waals surface area (Å²) in [6.07, 6.45) is 9.15. The Labute approximate surface area is 178 Å². The van der Waals surface area contributed by atoms with Gasteiger partial charge < -0.3 is 9.88 Å². The van der Waals surface area contributed by atoms with Crippen molar-refractivity contribution >= 4 is 34.7 Å². The maximum absolute atomic E-state index is 14.0. The summed E-state index contributed by atoms with van der Waals surface area (Å²) >= 11 is 0. The zero-order chi connectivity index (χ0) is 21.5. The Kier molecular flexibility index (Phi) is 4.77. The number of carbonyl (C=O) groups is 2. The number of H-pyrrole nitrogens is 1. The van der Waals surface area contributed by atoms with Crippen LogP contribution in [0.25, 0.3) is 16.6 Å². The molecule has 1 N–H and O–H groups in total. The Morgan fingerprint density at radius 3 is 2.90 bits per heavy atom. The number of nitrogens with zero attached hydrogens (tertiary/aromatic N) is 4. The van der Waals surface area contributed by atoms with E-state index in [0.29, 0.717) is 18.9 Å². The van der Waals surface area contributed by atoms with Gasteiger partial charge in [-0.15, -0.1) is 0 Å². The summed E-state index contributed by atoms with van der Waals surface area (Å²) in [5.74, 6) is -0.295. The summed E-state index contributed by atoms with van der Waals surface area (Å²) in [5.41, 5.74) is 2.85. The van der Waals surface area contributed by atoms with Crippen LogP contribution in [-0.2, 0) is 4.79 Å². The van der Waals surface area contributed by atoms with Crippen LogP contribution in [0.3, 0.4) is 0 Å². The van der Waals surface area contributed by atoms with Gasteiger partial charge in [0.05, 0.1) is 11.8 Å². The topological polar surface area (TPSA) is 82.2 Å². The Morgan fingerprint density at radius 2 is 2.19 bits per heavy atom. The quantitative estimate of drug-likeness (QED) is 0.643.